The van der Waals surface area contributed by atoms with E-state index < -0.39 is 29.4 Å². The molecule has 10 heteroatoms. The molecule has 2 aromatic rings. The van der Waals surface area contributed by atoms with Crippen molar-refractivity contribution in [1.29, 1.82) is 0 Å². The number of amides is 3. The first-order valence-electron chi connectivity index (χ1n) is 12.8. The van der Waals surface area contributed by atoms with Crippen LogP contribution >= 0.6 is 0 Å². The van der Waals surface area contributed by atoms with E-state index in [1.807, 2.05) is 12.1 Å². The lowest BCUT2D eigenvalue weighted by Crippen LogP contribution is -2.50. The molecule has 0 saturated heterocycles. The van der Waals surface area contributed by atoms with Gasteiger partial charge in [-0.1, -0.05) is 24.3 Å². The van der Waals surface area contributed by atoms with Gasteiger partial charge in [-0.05, 0) is 96.2 Å². The molecular formula is C29H39N3O7. The number of anilines is 1. The van der Waals surface area contributed by atoms with E-state index in [9.17, 15) is 19.2 Å². The number of aryl methyl sites for hydroxylation is 1. The number of aromatic carboxylic acids is 1. The highest BCUT2D eigenvalue weighted by Gasteiger charge is 2.25. The monoisotopic (exact) mass is 541 g/mol. The minimum absolute atomic E-state index is 0.123. The molecule has 0 aliphatic rings. The van der Waals surface area contributed by atoms with Gasteiger partial charge in [-0.3, -0.25) is 4.79 Å². The van der Waals surface area contributed by atoms with Crippen LogP contribution in [0.15, 0.2) is 48.5 Å². The summed E-state index contributed by atoms with van der Waals surface area (Å²) in [7, 11) is 0. The molecule has 2 rings (SSSR count). The Morgan fingerprint density at radius 2 is 1.33 bits per heavy atom. The Kier molecular flexibility index (Phi) is 10.9. The van der Waals surface area contributed by atoms with Crippen molar-refractivity contribution in [2.45, 2.75) is 78.4 Å². The van der Waals surface area contributed by atoms with E-state index in [0.29, 0.717) is 31.4 Å². The maximum atomic E-state index is 12.6. The average molecular weight is 542 g/mol. The minimum Gasteiger partial charge on any atom is -0.478 e. The van der Waals surface area contributed by atoms with Gasteiger partial charge >= 0.3 is 18.2 Å². The summed E-state index contributed by atoms with van der Waals surface area (Å²) in [6.45, 7) is 10.5. The Hall–Kier alpha value is -4.08. The highest BCUT2D eigenvalue weighted by molar-refractivity contribution is 5.90. The summed E-state index contributed by atoms with van der Waals surface area (Å²) in [4.78, 5) is 48.2. The summed E-state index contributed by atoms with van der Waals surface area (Å²) < 4.78 is 10.7. The Morgan fingerprint density at radius 1 is 0.795 bits per heavy atom. The fraction of sp³-hybridized carbons (Fsp3) is 0.448. The van der Waals surface area contributed by atoms with Crippen molar-refractivity contribution in [1.82, 2.24) is 10.4 Å². The van der Waals surface area contributed by atoms with Gasteiger partial charge in [-0.2, -0.15) is 0 Å². The molecule has 10 nitrogen and oxygen atoms in total. The van der Waals surface area contributed by atoms with Crippen LogP contribution in [0.5, 0.6) is 0 Å². The minimum atomic E-state index is -0.968. The van der Waals surface area contributed by atoms with Crippen molar-refractivity contribution in [2.75, 3.05) is 11.9 Å². The fourth-order valence-electron chi connectivity index (χ4n) is 3.41. The summed E-state index contributed by atoms with van der Waals surface area (Å²) in [5.41, 5.74) is 3.73. The number of rotatable bonds is 9. The number of benzene rings is 2. The highest BCUT2D eigenvalue weighted by Crippen LogP contribution is 2.15. The first-order valence-corrected chi connectivity index (χ1v) is 12.8. The normalized spacial score (nSPS) is 11.3. The molecule has 0 aliphatic carbocycles. The zero-order valence-corrected chi connectivity index (χ0v) is 23.5. The highest BCUT2D eigenvalue weighted by atomic mass is 16.6. The third-order valence-electron chi connectivity index (χ3n) is 5.17. The first-order chi connectivity index (χ1) is 18.1. The molecule has 3 N–H and O–H groups in total. The Balaban J connectivity index is 1.87. The van der Waals surface area contributed by atoms with Gasteiger partial charge in [0, 0.05) is 12.1 Å². The summed E-state index contributed by atoms with van der Waals surface area (Å²) in [6.07, 6.45) is 0.575. The molecule has 0 fully saturated rings. The van der Waals surface area contributed by atoms with E-state index >= 15 is 0 Å². The second-order valence-electron chi connectivity index (χ2n) is 11.1. The Bertz CT molecular complexity index is 1130. The number of hydrazine groups is 1. The molecule has 0 aliphatic heterocycles. The Labute approximate surface area is 229 Å². The standard InChI is InChI=1S/C29H39N3O7/c1-28(2,3)38-26(36)31-32(27(37)39-29(4,5)6)19-18-21-12-16-23(17-13-21)30-24(33)9-7-8-20-10-14-22(15-11-20)25(34)35/h10-17H,7-9,18-19H2,1-6H3,(H,30,33)(H,31,36)(H,34,35). The number of hydrogen-bond acceptors (Lipinski definition) is 6. The Morgan fingerprint density at radius 3 is 1.87 bits per heavy atom. The van der Waals surface area contributed by atoms with E-state index in [1.165, 1.54) is 0 Å². The van der Waals surface area contributed by atoms with Gasteiger partial charge in [0.1, 0.15) is 11.2 Å². The third-order valence-corrected chi connectivity index (χ3v) is 5.17. The van der Waals surface area contributed by atoms with Crippen molar-refractivity contribution in [2.24, 2.45) is 0 Å². The molecule has 0 heterocycles. The van der Waals surface area contributed by atoms with Crippen LogP contribution in [-0.2, 0) is 27.1 Å². The molecule has 0 bridgehead atoms. The van der Waals surface area contributed by atoms with Crippen LogP contribution in [0.3, 0.4) is 0 Å². The van der Waals surface area contributed by atoms with Crippen molar-refractivity contribution in [3.05, 3.63) is 65.2 Å². The van der Waals surface area contributed by atoms with E-state index in [4.69, 9.17) is 14.6 Å². The predicted molar refractivity (Wildman–Crippen MR) is 147 cm³/mol. The van der Waals surface area contributed by atoms with Gasteiger partial charge in [-0.25, -0.2) is 24.8 Å². The van der Waals surface area contributed by atoms with Gasteiger partial charge in [0.2, 0.25) is 5.91 Å². The first kappa shape index (κ1) is 31.1. The number of hydrogen-bond donors (Lipinski definition) is 3. The largest absolute Gasteiger partial charge is 0.478 e. The SMILES string of the molecule is CC(C)(C)OC(=O)NN(CCc1ccc(NC(=O)CCCc2ccc(C(=O)O)cc2)cc1)C(=O)OC(C)(C)C. The molecule has 212 valence electrons. The maximum Gasteiger partial charge on any atom is 0.429 e. The van der Waals surface area contributed by atoms with Gasteiger partial charge in [0.25, 0.3) is 0 Å². The zero-order valence-electron chi connectivity index (χ0n) is 23.5. The van der Waals surface area contributed by atoms with Crippen LogP contribution in [0.25, 0.3) is 0 Å². The number of nitrogens with one attached hydrogen (secondary N) is 2. The molecule has 2 aromatic carbocycles. The molecule has 39 heavy (non-hydrogen) atoms. The summed E-state index contributed by atoms with van der Waals surface area (Å²) in [5.74, 6) is -1.09. The smallest absolute Gasteiger partial charge is 0.429 e. The number of carboxylic acid groups (broad SMARTS) is 1. The zero-order chi connectivity index (χ0) is 29.2. The molecule has 0 atom stereocenters. The molecule has 3 amide bonds. The second-order valence-corrected chi connectivity index (χ2v) is 11.1. The average Bonchev–Trinajstić information content (AvgIpc) is 2.80. The lowest BCUT2D eigenvalue weighted by Gasteiger charge is -2.28. The quantitative estimate of drug-likeness (QED) is 0.354. The molecule has 0 unspecified atom stereocenters. The number of carboxylic acids is 1. The molecule has 0 saturated carbocycles. The van der Waals surface area contributed by atoms with Crippen molar-refractivity contribution in [3.63, 3.8) is 0 Å². The van der Waals surface area contributed by atoms with Gasteiger partial charge in [0.05, 0.1) is 12.1 Å². The van der Waals surface area contributed by atoms with Gasteiger partial charge in [-0.15, -0.1) is 0 Å². The lowest BCUT2D eigenvalue weighted by molar-refractivity contribution is -0.116. The van der Waals surface area contributed by atoms with E-state index in [2.05, 4.69) is 10.7 Å². The predicted octanol–water partition coefficient (Wildman–Crippen LogP) is 5.57. The summed E-state index contributed by atoms with van der Waals surface area (Å²) in [6, 6.07) is 13.8. The van der Waals surface area contributed by atoms with Crippen LogP contribution in [0.1, 0.15) is 75.9 Å². The van der Waals surface area contributed by atoms with Crippen molar-refractivity contribution < 1.29 is 33.8 Å². The van der Waals surface area contributed by atoms with E-state index in [0.717, 1.165) is 16.1 Å². The molecule has 0 aromatic heterocycles. The fourth-order valence-corrected chi connectivity index (χ4v) is 3.41. The van der Waals surface area contributed by atoms with Crippen LogP contribution in [-0.4, -0.2) is 51.9 Å². The van der Waals surface area contributed by atoms with Crippen LogP contribution in [0.2, 0.25) is 0 Å². The van der Waals surface area contributed by atoms with Crippen LogP contribution in [0.4, 0.5) is 15.3 Å². The number of carbonyl (C=O) groups is 4. The summed E-state index contributed by atoms with van der Waals surface area (Å²) in [5, 5.41) is 12.9. The van der Waals surface area contributed by atoms with Crippen LogP contribution < -0.4 is 10.7 Å². The van der Waals surface area contributed by atoms with E-state index in [-0.39, 0.29) is 18.0 Å². The van der Waals surface area contributed by atoms with Crippen molar-refractivity contribution in [3.8, 4) is 0 Å². The number of nitrogens with zero attached hydrogens (tertiary/aromatic N) is 1. The maximum absolute atomic E-state index is 12.6. The van der Waals surface area contributed by atoms with Gasteiger partial charge < -0.3 is 19.9 Å². The number of carbonyl (C=O) groups excluding carboxylic acids is 3. The van der Waals surface area contributed by atoms with Crippen LogP contribution in [0, 0.1) is 0 Å². The second kappa shape index (κ2) is 13.6. The third kappa shape index (κ3) is 12.3. The summed E-state index contributed by atoms with van der Waals surface area (Å²) >= 11 is 0. The van der Waals surface area contributed by atoms with Crippen molar-refractivity contribution >= 4 is 29.8 Å². The lowest BCUT2D eigenvalue weighted by atomic mass is 10.1. The molecular weight excluding hydrogens is 502 g/mol. The van der Waals surface area contributed by atoms with E-state index in [1.54, 1.807) is 77.9 Å². The number of ether oxygens (including phenoxy) is 2. The van der Waals surface area contributed by atoms with Gasteiger partial charge in [0.15, 0.2) is 0 Å². The molecule has 0 spiro atoms. The molecule has 0 radical (unpaired) electrons. The topological polar surface area (TPSA) is 134 Å².